The summed E-state index contributed by atoms with van der Waals surface area (Å²) in [4.78, 5) is 5.31. The number of halogens is 1. The molecule has 0 aromatic heterocycles. The molecule has 110 valence electrons. The van der Waals surface area contributed by atoms with Gasteiger partial charge in [0, 0.05) is 31.2 Å². The molecule has 1 aromatic rings. The van der Waals surface area contributed by atoms with Gasteiger partial charge in [-0.05, 0) is 57.4 Å². The van der Waals surface area contributed by atoms with E-state index in [1.807, 2.05) is 12.1 Å². The summed E-state index contributed by atoms with van der Waals surface area (Å²) in [6.45, 7) is 8.34. The third-order valence-corrected chi connectivity index (χ3v) is 5.00. The minimum Gasteiger partial charge on any atom is -0.298 e. The first-order valence-electron chi connectivity index (χ1n) is 7.87. The molecule has 0 amide bonds. The quantitative estimate of drug-likeness (QED) is 0.837. The van der Waals surface area contributed by atoms with Crippen LogP contribution in [0.4, 0.5) is 4.39 Å². The molecular formula is C17H25FN2. The van der Waals surface area contributed by atoms with Crippen LogP contribution in [0.1, 0.15) is 32.3 Å². The highest BCUT2D eigenvalue weighted by molar-refractivity contribution is 5.17. The minimum atomic E-state index is -0.144. The van der Waals surface area contributed by atoms with Gasteiger partial charge in [0.15, 0.2) is 0 Å². The van der Waals surface area contributed by atoms with Gasteiger partial charge in [-0.25, -0.2) is 4.39 Å². The first-order valence-corrected chi connectivity index (χ1v) is 7.87. The number of fused-ring (bicyclic) bond motifs is 1. The van der Waals surface area contributed by atoms with Gasteiger partial charge in [0.05, 0.1) is 0 Å². The molecule has 2 aliphatic heterocycles. The molecule has 3 unspecified atom stereocenters. The summed E-state index contributed by atoms with van der Waals surface area (Å²) >= 11 is 0. The predicted octanol–water partition coefficient (Wildman–Crippen LogP) is 2.93. The molecule has 0 bridgehead atoms. The Bertz CT molecular complexity index is 445. The van der Waals surface area contributed by atoms with Crippen LogP contribution in [0.5, 0.6) is 0 Å². The van der Waals surface area contributed by atoms with Crippen molar-refractivity contribution < 1.29 is 4.39 Å². The van der Waals surface area contributed by atoms with Crippen LogP contribution >= 0.6 is 0 Å². The molecule has 0 spiro atoms. The largest absolute Gasteiger partial charge is 0.298 e. The lowest BCUT2D eigenvalue weighted by Crippen LogP contribution is -2.57. The van der Waals surface area contributed by atoms with Gasteiger partial charge in [-0.15, -0.1) is 0 Å². The van der Waals surface area contributed by atoms with E-state index in [9.17, 15) is 4.39 Å². The van der Waals surface area contributed by atoms with Crippen LogP contribution in [-0.2, 0) is 6.42 Å². The Hall–Kier alpha value is -0.930. The predicted molar refractivity (Wildman–Crippen MR) is 80.3 cm³/mol. The Labute approximate surface area is 121 Å². The third kappa shape index (κ3) is 2.89. The van der Waals surface area contributed by atoms with Crippen LogP contribution in [0.25, 0.3) is 0 Å². The summed E-state index contributed by atoms with van der Waals surface area (Å²) in [7, 11) is 0. The van der Waals surface area contributed by atoms with E-state index in [1.165, 1.54) is 38.0 Å². The fraction of sp³-hybridized carbons (Fsp3) is 0.647. The van der Waals surface area contributed by atoms with E-state index in [0.29, 0.717) is 12.1 Å². The van der Waals surface area contributed by atoms with Crippen molar-refractivity contribution >= 4 is 0 Å². The van der Waals surface area contributed by atoms with E-state index < -0.39 is 0 Å². The van der Waals surface area contributed by atoms with Gasteiger partial charge >= 0.3 is 0 Å². The zero-order valence-corrected chi connectivity index (χ0v) is 12.6. The molecule has 3 atom stereocenters. The highest BCUT2D eigenvalue weighted by Gasteiger charge is 2.35. The van der Waals surface area contributed by atoms with Crippen LogP contribution in [0, 0.1) is 5.82 Å². The van der Waals surface area contributed by atoms with Gasteiger partial charge < -0.3 is 0 Å². The molecule has 0 saturated carbocycles. The van der Waals surface area contributed by atoms with Crippen LogP contribution in [0.3, 0.4) is 0 Å². The van der Waals surface area contributed by atoms with E-state index in [0.717, 1.165) is 12.5 Å². The zero-order valence-electron chi connectivity index (χ0n) is 12.6. The maximum Gasteiger partial charge on any atom is 0.123 e. The summed E-state index contributed by atoms with van der Waals surface area (Å²) in [6.07, 6.45) is 3.72. The number of hydrogen-bond donors (Lipinski definition) is 0. The summed E-state index contributed by atoms with van der Waals surface area (Å²) in [5.74, 6) is -0.144. The topological polar surface area (TPSA) is 6.48 Å². The molecule has 2 nitrogen and oxygen atoms in total. The Morgan fingerprint density at radius 2 is 2.00 bits per heavy atom. The first-order chi connectivity index (χ1) is 9.63. The van der Waals surface area contributed by atoms with Crippen molar-refractivity contribution in [1.82, 2.24) is 9.80 Å². The zero-order chi connectivity index (χ0) is 14.1. The summed E-state index contributed by atoms with van der Waals surface area (Å²) in [5, 5.41) is 0. The third-order valence-electron chi connectivity index (χ3n) is 5.00. The Morgan fingerprint density at radius 1 is 1.25 bits per heavy atom. The van der Waals surface area contributed by atoms with Crippen molar-refractivity contribution in [3.8, 4) is 0 Å². The molecule has 3 heteroatoms. The number of rotatable bonds is 3. The average Bonchev–Trinajstić information content (AvgIpc) is 2.87. The van der Waals surface area contributed by atoms with Gasteiger partial charge in [-0.2, -0.15) is 0 Å². The van der Waals surface area contributed by atoms with Crippen LogP contribution in [0.2, 0.25) is 0 Å². The molecule has 2 saturated heterocycles. The fourth-order valence-electron chi connectivity index (χ4n) is 3.90. The van der Waals surface area contributed by atoms with Gasteiger partial charge in [-0.1, -0.05) is 12.1 Å². The standard InChI is InChI=1S/C17H25FN2/c1-13(10-15-5-7-16(18)8-6-15)20-12-17-4-3-9-19(17)11-14(20)2/h5-8,13-14,17H,3-4,9-12H2,1-2H3. The molecular weight excluding hydrogens is 251 g/mol. The number of nitrogens with zero attached hydrogens (tertiary/aromatic N) is 2. The highest BCUT2D eigenvalue weighted by atomic mass is 19.1. The maximum absolute atomic E-state index is 13.0. The average molecular weight is 276 g/mol. The van der Waals surface area contributed by atoms with Crippen molar-refractivity contribution in [2.24, 2.45) is 0 Å². The number of hydrogen-bond acceptors (Lipinski definition) is 2. The number of piperazine rings is 1. The van der Waals surface area contributed by atoms with Crippen LogP contribution in [-0.4, -0.2) is 47.6 Å². The second-order valence-corrected chi connectivity index (χ2v) is 6.52. The first kappa shape index (κ1) is 14.0. The molecule has 0 N–H and O–H groups in total. The number of benzene rings is 1. The van der Waals surface area contributed by atoms with Gasteiger partial charge in [0.1, 0.15) is 5.82 Å². The molecule has 2 heterocycles. The van der Waals surface area contributed by atoms with Crippen molar-refractivity contribution in [2.75, 3.05) is 19.6 Å². The Morgan fingerprint density at radius 3 is 2.75 bits per heavy atom. The summed E-state index contributed by atoms with van der Waals surface area (Å²) in [5.41, 5.74) is 1.24. The second-order valence-electron chi connectivity index (χ2n) is 6.52. The smallest absolute Gasteiger partial charge is 0.123 e. The Kier molecular flexibility index (Phi) is 4.08. The lowest BCUT2D eigenvalue weighted by molar-refractivity contribution is 0.0332. The normalized spacial score (nSPS) is 29.4. The maximum atomic E-state index is 13.0. The monoisotopic (exact) mass is 276 g/mol. The van der Waals surface area contributed by atoms with E-state index in [4.69, 9.17) is 0 Å². The molecule has 0 aliphatic carbocycles. The summed E-state index contributed by atoms with van der Waals surface area (Å²) in [6, 6.07) is 8.89. The van der Waals surface area contributed by atoms with Crippen LogP contribution < -0.4 is 0 Å². The van der Waals surface area contributed by atoms with Gasteiger partial charge in [0.25, 0.3) is 0 Å². The fourth-order valence-corrected chi connectivity index (χ4v) is 3.90. The van der Waals surface area contributed by atoms with Crippen molar-refractivity contribution in [3.05, 3.63) is 35.6 Å². The molecule has 20 heavy (non-hydrogen) atoms. The van der Waals surface area contributed by atoms with Gasteiger partial charge in [0.2, 0.25) is 0 Å². The lowest BCUT2D eigenvalue weighted by Gasteiger charge is -2.45. The highest BCUT2D eigenvalue weighted by Crippen LogP contribution is 2.26. The van der Waals surface area contributed by atoms with Crippen molar-refractivity contribution in [3.63, 3.8) is 0 Å². The van der Waals surface area contributed by atoms with E-state index in [1.54, 1.807) is 12.1 Å². The van der Waals surface area contributed by atoms with Crippen molar-refractivity contribution in [2.45, 2.75) is 51.2 Å². The van der Waals surface area contributed by atoms with Crippen LogP contribution in [0.15, 0.2) is 24.3 Å². The SMILES string of the molecule is CC(Cc1ccc(F)cc1)N1CC2CCCN2CC1C. The van der Waals surface area contributed by atoms with E-state index in [-0.39, 0.29) is 5.82 Å². The molecule has 2 fully saturated rings. The molecule has 3 rings (SSSR count). The van der Waals surface area contributed by atoms with Crippen molar-refractivity contribution in [1.29, 1.82) is 0 Å². The Balaban J connectivity index is 1.64. The lowest BCUT2D eigenvalue weighted by atomic mass is 10.0. The minimum absolute atomic E-state index is 0.144. The molecule has 1 aromatic carbocycles. The second kappa shape index (κ2) is 5.82. The molecule has 0 radical (unpaired) electrons. The molecule has 2 aliphatic rings. The van der Waals surface area contributed by atoms with E-state index in [2.05, 4.69) is 23.6 Å². The van der Waals surface area contributed by atoms with Gasteiger partial charge in [-0.3, -0.25) is 9.80 Å². The van der Waals surface area contributed by atoms with E-state index >= 15 is 0 Å². The summed E-state index contributed by atoms with van der Waals surface area (Å²) < 4.78 is 13.0.